The van der Waals surface area contributed by atoms with E-state index in [4.69, 9.17) is 9.57 Å². The van der Waals surface area contributed by atoms with Gasteiger partial charge in [-0.3, -0.25) is 9.78 Å². The largest absolute Gasteiger partial charge is 0.492 e. The number of hydrogen-bond acceptors (Lipinski definition) is 7. The number of oxime groups is 1. The molecular weight excluding hydrogens is 443 g/mol. The van der Waals surface area contributed by atoms with Crippen molar-refractivity contribution in [2.75, 3.05) is 25.1 Å². The predicted octanol–water partition coefficient (Wildman–Crippen LogP) is 2.82. The van der Waals surface area contributed by atoms with E-state index < -0.39 is 17.2 Å². The Hall–Kier alpha value is -3.95. The van der Waals surface area contributed by atoms with Crippen LogP contribution in [0, 0.1) is 11.7 Å². The number of rotatable bonds is 5. The van der Waals surface area contributed by atoms with Crippen LogP contribution < -0.4 is 15.1 Å². The van der Waals surface area contributed by atoms with Gasteiger partial charge in [0.2, 0.25) is 5.43 Å². The van der Waals surface area contributed by atoms with Gasteiger partial charge in [-0.05, 0) is 31.0 Å². The summed E-state index contributed by atoms with van der Waals surface area (Å²) in [5.41, 5.74) is 1.16. The Morgan fingerprint density at radius 2 is 2.15 bits per heavy atom. The quantitative estimate of drug-likeness (QED) is 0.619. The third kappa shape index (κ3) is 3.05. The summed E-state index contributed by atoms with van der Waals surface area (Å²) < 4.78 is 23.0. The van der Waals surface area contributed by atoms with Crippen LogP contribution in [0.5, 0.6) is 5.75 Å². The zero-order valence-electron chi connectivity index (χ0n) is 18.3. The van der Waals surface area contributed by atoms with Crippen molar-refractivity contribution >= 4 is 28.3 Å². The Balaban J connectivity index is 1.47. The molecule has 1 saturated carbocycles. The molecule has 9 nitrogen and oxygen atoms in total. The fourth-order valence-electron chi connectivity index (χ4n) is 5.02. The van der Waals surface area contributed by atoms with Gasteiger partial charge in [0.05, 0.1) is 36.2 Å². The van der Waals surface area contributed by atoms with Crippen molar-refractivity contribution in [1.82, 2.24) is 9.55 Å². The first-order valence-corrected chi connectivity index (χ1v) is 11.1. The van der Waals surface area contributed by atoms with Crippen LogP contribution in [-0.2, 0) is 4.84 Å². The number of methoxy groups -OCH3 is 1. The molecule has 2 aromatic heterocycles. The Morgan fingerprint density at radius 3 is 2.82 bits per heavy atom. The molecule has 6 rings (SSSR count). The molecule has 0 bridgehead atoms. The molecule has 3 aliphatic rings. The van der Waals surface area contributed by atoms with E-state index in [1.807, 2.05) is 17.0 Å². The van der Waals surface area contributed by atoms with Crippen molar-refractivity contribution in [3.8, 4) is 5.75 Å². The van der Waals surface area contributed by atoms with E-state index in [-0.39, 0.29) is 40.5 Å². The molecule has 2 atom stereocenters. The van der Waals surface area contributed by atoms with E-state index in [1.54, 1.807) is 17.0 Å². The molecule has 4 heterocycles. The van der Waals surface area contributed by atoms with Crippen LogP contribution in [0.25, 0.3) is 10.9 Å². The Kier molecular flexibility index (Phi) is 4.58. The fraction of sp³-hybridized carbons (Fsp3) is 0.333. The predicted molar refractivity (Wildman–Crippen MR) is 121 cm³/mol. The molecule has 34 heavy (non-hydrogen) atoms. The molecule has 2 aliphatic heterocycles. The highest BCUT2D eigenvalue weighted by Crippen LogP contribution is 2.45. The molecule has 1 N–H and O–H groups in total. The molecule has 1 saturated heterocycles. The average Bonchev–Trinajstić information content (AvgIpc) is 3.47. The van der Waals surface area contributed by atoms with Gasteiger partial charge in [0, 0.05) is 36.7 Å². The van der Waals surface area contributed by atoms with E-state index >= 15 is 4.39 Å². The van der Waals surface area contributed by atoms with E-state index in [0.29, 0.717) is 18.6 Å². The number of aromatic carboxylic acids is 1. The molecule has 1 aromatic carbocycles. The van der Waals surface area contributed by atoms with Crippen LogP contribution in [0.15, 0.2) is 46.7 Å². The van der Waals surface area contributed by atoms with Crippen molar-refractivity contribution in [3.63, 3.8) is 0 Å². The number of benzene rings is 1. The van der Waals surface area contributed by atoms with Gasteiger partial charge >= 0.3 is 5.97 Å². The van der Waals surface area contributed by atoms with Crippen molar-refractivity contribution < 1.29 is 23.9 Å². The van der Waals surface area contributed by atoms with Crippen molar-refractivity contribution in [2.24, 2.45) is 11.1 Å². The monoisotopic (exact) mass is 464 g/mol. The van der Waals surface area contributed by atoms with Gasteiger partial charge in [0.1, 0.15) is 11.3 Å². The summed E-state index contributed by atoms with van der Waals surface area (Å²) >= 11 is 0. The minimum Gasteiger partial charge on any atom is -0.492 e. The van der Waals surface area contributed by atoms with E-state index in [0.717, 1.165) is 30.2 Å². The summed E-state index contributed by atoms with van der Waals surface area (Å²) in [5, 5.41) is 13.7. The first kappa shape index (κ1) is 20.6. The molecule has 10 heteroatoms. The number of aromatic nitrogens is 2. The summed E-state index contributed by atoms with van der Waals surface area (Å²) in [5.74, 6) is -1.84. The van der Waals surface area contributed by atoms with Crippen LogP contribution in [0.4, 0.5) is 10.1 Å². The summed E-state index contributed by atoms with van der Waals surface area (Å²) in [6.45, 7) is 0.829. The zero-order chi connectivity index (χ0) is 23.6. The van der Waals surface area contributed by atoms with Crippen LogP contribution in [0.3, 0.4) is 0 Å². The molecule has 0 amide bonds. The fourth-order valence-corrected chi connectivity index (χ4v) is 5.02. The summed E-state index contributed by atoms with van der Waals surface area (Å²) in [6, 6.07) is 4.91. The maximum Gasteiger partial charge on any atom is 0.341 e. The topological polar surface area (TPSA) is 106 Å². The van der Waals surface area contributed by atoms with Crippen LogP contribution in [0.1, 0.15) is 34.8 Å². The van der Waals surface area contributed by atoms with E-state index in [9.17, 15) is 14.7 Å². The number of nitrogens with zero attached hydrogens (tertiary/aromatic N) is 4. The molecule has 0 spiro atoms. The minimum absolute atomic E-state index is 0.00171. The normalized spacial score (nSPS) is 21.4. The van der Waals surface area contributed by atoms with Crippen molar-refractivity contribution in [3.05, 3.63) is 64.0 Å². The second-order valence-corrected chi connectivity index (χ2v) is 8.83. The molecular formula is C24H21FN4O5. The lowest BCUT2D eigenvalue weighted by Crippen LogP contribution is -2.26. The van der Waals surface area contributed by atoms with Gasteiger partial charge in [0.15, 0.2) is 17.7 Å². The third-order valence-electron chi connectivity index (χ3n) is 6.75. The molecule has 0 radical (unpaired) electrons. The van der Waals surface area contributed by atoms with Gasteiger partial charge in [-0.2, -0.15) is 0 Å². The molecule has 174 valence electrons. The molecule has 3 aromatic rings. The number of ether oxygens (including phenoxy) is 1. The summed E-state index contributed by atoms with van der Waals surface area (Å²) in [4.78, 5) is 36.2. The zero-order valence-corrected chi connectivity index (χ0v) is 18.3. The standard InChI is InChI=1S/C24H21FN4O5/c1-33-23-20-14(22(30)16(24(31)32)10-29(20)13-4-5-13)7-17(25)21(23)28-9-15-18(11-28)34-27-19(15)12-3-2-6-26-8-12/h2-3,6-8,10,13,15,18H,4-5,9,11H2,1H3,(H,31,32)/t15-,18+/m0/s1. The third-order valence-corrected chi connectivity index (χ3v) is 6.75. The number of carboxylic acid groups (broad SMARTS) is 1. The van der Waals surface area contributed by atoms with Crippen molar-refractivity contribution in [1.29, 1.82) is 0 Å². The maximum absolute atomic E-state index is 15.6. The van der Waals surface area contributed by atoms with Crippen LogP contribution in [-0.4, -0.2) is 52.6 Å². The van der Waals surface area contributed by atoms with E-state index in [2.05, 4.69) is 10.1 Å². The number of halogens is 1. The van der Waals surface area contributed by atoms with Gasteiger partial charge in [-0.25, -0.2) is 9.18 Å². The first-order valence-electron chi connectivity index (χ1n) is 11.1. The highest BCUT2D eigenvalue weighted by atomic mass is 19.1. The lowest BCUT2D eigenvalue weighted by Gasteiger charge is -2.25. The Morgan fingerprint density at radius 1 is 1.32 bits per heavy atom. The SMILES string of the molecule is COc1c(N2C[C@@H]3C(c4cccnc4)=NO[C@@H]3C2)c(F)cc2c(=O)c(C(=O)O)cn(C3CC3)c12. The second kappa shape index (κ2) is 7.54. The number of hydrogen-bond donors (Lipinski definition) is 1. The Labute approximate surface area is 193 Å². The summed E-state index contributed by atoms with van der Waals surface area (Å²) in [6.07, 6.45) is 6.19. The lowest BCUT2D eigenvalue weighted by molar-refractivity contribution is 0.0694. The number of carbonyl (C=O) groups is 1. The van der Waals surface area contributed by atoms with Gasteiger partial charge in [-0.1, -0.05) is 5.16 Å². The second-order valence-electron chi connectivity index (χ2n) is 8.83. The first-order chi connectivity index (χ1) is 16.5. The highest BCUT2D eigenvalue weighted by Gasteiger charge is 2.44. The smallest absolute Gasteiger partial charge is 0.341 e. The minimum atomic E-state index is -1.34. The van der Waals surface area contributed by atoms with Gasteiger partial charge in [0.25, 0.3) is 0 Å². The number of pyridine rings is 2. The summed E-state index contributed by atoms with van der Waals surface area (Å²) in [7, 11) is 1.43. The molecule has 1 aliphatic carbocycles. The highest BCUT2D eigenvalue weighted by molar-refractivity contribution is 6.04. The average molecular weight is 464 g/mol. The van der Waals surface area contributed by atoms with Crippen molar-refractivity contribution in [2.45, 2.75) is 25.0 Å². The lowest BCUT2D eigenvalue weighted by atomic mass is 9.96. The number of fused-ring (bicyclic) bond motifs is 2. The van der Waals surface area contributed by atoms with Gasteiger partial charge in [-0.15, -0.1) is 0 Å². The van der Waals surface area contributed by atoms with Crippen LogP contribution >= 0.6 is 0 Å². The Bertz CT molecular complexity index is 1420. The number of anilines is 1. The van der Waals surface area contributed by atoms with Gasteiger partial charge < -0.3 is 24.1 Å². The number of carboxylic acids is 1. The maximum atomic E-state index is 15.6. The van der Waals surface area contributed by atoms with E-state index in [1.165, 1.54) is 13.3 Å². The molecule has 0 unspecified atom stereocenters. The van der Waals surface area contributed by atoms with Crippen LogP contribution in [0.2, 0.25) is 0 Å². The molecule has 2 fully saturated rings.